The minimum absolute atomic E-state index is 0.108. The molecule has 0 atom stereocenters. The molecular formula is C19H19N3O5. The molecule has 0 radical (unpaired) electrons. The van der Waals surface area contributed by atoms with E-state index in [1.807, 2.05) is 18.2 Å². The van der Waals surface area contributed by atoms with Gasteiger partial charge < -0.3 is 24.1 Å². The topological polar surface area (TPSA) is 95.7 Å². The number of nitrogens with zero attached hydrogens (tertiary/aromatic N) is 2. The zero-order valence-corrected chi connectivity index (χ0v) is 15.0. The largest absolute Gasteiger partial charge is 0.497 e. The predicted molar refractivity (Wildman–Crippen MR) is 96.6 cm³/mol. The fraction of sp³-hybridized carbons (Fsp3) is 0.211. The van der Waals surface area contributed by atoms with Crippen molar-refractivity contribution in [3.63, 3.8) is 0 Å². The second kappa shape index (κ2) is 8.70. The molecule has 0 aliphatic heterocycles. The van der Waals surface area contributed by atoms with Crippen molar-refractivity contribution in [2.24, 2.45) is 0 Å². The summed E-state index contributed by atoms with van der Waals surface area (Å²) in [6, 6.07) is 14.3. The van der Waals surface area contributed by atoms with Crippen molar-refractivity contribution in [3.05, 3.63) is 54.4 Å². The first kappa shape index (κ1) is 18.2. The Morgan fingerprint density at radius 2 is 1.74 bits per heavy atom. The van der Waals surface area contributed by atoms with Crippen LogP contribution in [0.5, 0.6) is 17.2 Å². The summed E-state index contributed by atoms with van der Waals surface area (Å²) in [4.78, 5) is 16.2. The van der Waals surface area contributed by atoms with E-state index in [9.17, 15) is 4.79 Å². The Labute approximate surface area is 156 Å². The molecule has 0 saturated heterocycles. The highest BCUT2D eigenvalue weighted by Gasteiger charge is 2.11. The Bertz CT molecular complexity index is 910. The van der Waals surface area contributed by atoms with Crippen molar-refractivity contribution < 1.29 is 23.5 Å². The van der Waals surface area contributed by atoms with Gasteiger partial charge in [-0.05, 0) is 24.3 Å². The van der Waals surface area contributed by atoms with Gasteiger partial charge in [-0.25, -0.2) is 0 Å². The molecular weight excluding hydrogens is 350 g/mol. The third kappa shape index (κ3) is 4.97. The monoisotopic (exact) mass is 369 g/mol. The van der Waals surface area contributed by atoms with E-state index in [4.69, 9.17) is 18.7 Å². The molecule has 1 amide bonds. The summed E-state index contributed by atoms with van der Waals surface area (Å²) >= 11 is 0. The Morgan fingerprint density at radius 3 is 2.52 bits per heavy atom. The summed E-state index contributed by atoms with van der Waals surface area (Å²) in [5, 5.41) is 6.58. The Kier molecular flexibility index (Phi) is 5.88. The number of nitrogens with one attached hydrogen (secondary N) is 1. The SMILES string of the molecule is COc1cccc(OCC(=O)NCc2nc(-c3cccc(OC)c3)no2)c1. The lowest BCUT2D eigenvalue weighted by Crippen LogP contribution is -2.28. The van der Waals surface area contributed by atoms with Gasteiger partial charge in [-0.1, -0.05) is 23.4 Å². The van der Waals surface area contributed by atoms with Gasteiger partial charge in [0.2, 0.25) is 11.7 Å². The van der Waals surface area contributed by atoms with E-state index >= 15 is 0 Å². The van der Waals surface area contributed by atoms with Gasteiger partial charge in [-0.2, -0.15) is 4.98 Å². The smallest absolute Gasteiger partial charge is 0.258 e. The standard InChI is InChI=1S/C19H19N3O5/c1-24-14-6-3-5-13(9-14)19-21-18(27-22-19)11-20-17(23)12-26-16-8-4-7-15(10-16)25-2/h3-10H,11-12H2,1-2H3,(H,20,23). The fourth-order valence-electron chi connectivity index (χ4n) is 2.27. The van der Waals surface area contributed by atoms with E-state index < -0.39 is 0 Å². The predicted octanol–water partition coefficient (Wildman–Crippen LogP) is 2.45. The van der Waals surface area contributed by atoms with Gasteiger partial charge in [-0.15, -0.1) is 0 Å². The van der Waals surface area contributed by atoms with Crippen molar-refractivity contribution in [2.45, 2.75) is 6.54 Å². The molecule has 0 aliphatic carbocycles. The Morgan fingerprint density at radius 1 is 1.04 bits per heavy atom. The minimum Gasteiger partial charge on any atom is -0.497 e. The molecule has 2 aromatic carbocycles. The summed E-state index contributed by atoms with van der Waals surface area (Å²) in [7, 11) is 3.15. The zero-order valence-electron chi connectivity index (χ0n) is 15.0. The normalized spacial score (nSPS) is 10.3. The molecule has 0 saturated carbocycles. The van der Waals surface area contributed by atoms with Gasteiger partial charge >= 0.3 is 0 Å². The van der Waals surface area contributed by atoms with Crippen LogP contribution in [0.3, 0.4) is 0 Å². The molecule has 140 valence electrons. The molecule has 0 fully saturated rings. The summed E-state index contributed by atoms with van der Waals surface area (Å²) in [6.07, 6.45) is 0. The van der Waals surface area contributed by atoms with Crippen molar-refractivity contribution in [3.8, 4) is 28.6 Å². The average molecular weight is 369 g/mol. The van der Waals surface area contributed by atoms with Crippen molar-refractivity contribution in [1.29, 1.82) is 0 Å². The average Bonchev–Trinajstić information content (AvgIpc) is 3.20. The molecule has 1 heterocycles. The number of methoxy groups -OCH3 is 2. The number of aromatic nitrogens is 2. The number of carbonyl (C=O) groups excluding carboxylic acids is 1. The van der Waals surface area contributed by atoms with E-state index in [0.29, 0.717) is 29.0 Å². The van der Waals surface area contributed by atoms with Crippen LogP contribution in [0, 0.1) is 0 Å². The van der Waals surface area contributed by atoms with Crippen LogP contribution in [-0.2, 0) is 11.3 Å². The lowest BCUT2D eigenvalue weighted by atomic mass is 10.2. The van der Waals surface area contributed by atoms with Crippen LogP contribution >= 0.6 is 0 Å². The highest BCUT2D eigenvalue weighted by molar-refractivity contribution is 5.77. The van der Waals surface area contributed by atoms with Crippen molar-refractivity contribution >= 4 is 5.91 Å². The van der Waals surface area contributed by atoms with Gasteiger partial charge in [0.15, 0.2) is 6.61 Å². The number of ether oxygens (including phenoxy) is 3. The molecule has 3 rings (SSSR count). The fourth-order valence-corrected chi connectivity index (χ4v) is 2.27. The van der Waals surface area contributed by atoms with Crippen molar-refractivity contribution in [1.82, 2.24) is 15.5 Å². The number of amides is 1. The van der Waals surface area contributed by atoms with Gasteiger partial charge in [0.25, 0.3) is 5.91 Å². The van der Waals surface area contributed by atoms with Gasteiger partial charge in [0, 0.05) is 11.6 Å². The molecule has 8 nitrogen and oxygen atoms in total. The summed E-state index contributed by atoms with van der Waals surface area (Å²) < 4.78 is 20.9. The molecule has 27 heavy (non-hydrogen) atoms. The first-order valence-electron chi connectivity index (χ1n) is 8.18. The number of hydrogen-bond donors (Lipinski definition) is 1. The first-order chi connectivity index (χ1) is 13.2. The summed E-state index contributed by atoms with van der Waals surface area (Å²) in [6.45, 7) is -0.0265. The summed E-state index contributed by atoms with van der Waals surface area (Å²) in [5.41, 5.74) is 0.761. The van der Waals surface area contributed by atoms with Crippen LogP contribution in [0.4, 0.5) is 0 Å². The molecule has 3 aromatic rings. The molecule has 0 unspecified atom stereocenters. The molecule has 1 aromatic heterocycles. The van der Waals surface area contributed by atoms with Crippen LogP contribution < -0.4 is 19.5 Å². The maximum absolute atomic E-state index is 11.9. The molecule has 8 heteroatoms. The number of hydrogen-bond acceptors (Lipinski definition) is 7. The van der Waals surface area contributed by atoms with E-state index in [2.05, 4.69) is 15.5 Å². The van der Waals surface area contributed by atoms with Gasteiger partial charge in [-0.3, -0.25) is 4.79 Å². The second-order valence-corrected chi connectivity index (χ2v) is 5.49. The molecule has 1 N–H and O–H groups in total. The van der Waals surface area contributed by atoms with Gasteiger partial charge in [0.1, 0.15) is 17.2 Å². The zero-order chi connectivity index (χ0) is 19.1. The number of carbonyl (C=O) groups is 1. The van der Waals surface area contributed by atoms with Crippen molar-refractivity contribution in [2.75, 3.05) is 20.8 Å². The van der Waals surface area contributed by atoms with Crippen LogP contribution in [0.15, 0.2) is 53.1 Å². The molecule has 0 aliphatic rings. The highest BCUT2D eigenvalue weighted by Crippen LogP contribution is 2.21. The second-order valence-electron chi connectivity index (χ2n) is 5.49. The van der Waals surface area contributed by atoms with Crippen LogP contribution in [-0.4, -0.2) is 36.9 Å². The van der Waals surface area contributed by atoms with E-state index in [0.717, 1.165) is 5.56 Å². The molecule has 0 bridgehead atoms. The summed E-state index contributed by atoms with van der Waals surface area (Å²) in [5.74, 6) is 2.31. The van der Waals surface area contributed by atoms with E-state index in [1.54, 1.807) is 44.6 Å². The van der Waals surface area contributed by atoms with Crippen LogP contribution in [0.1, 0.15) is 5.89 Å². The lowest BCUT2D eigenvalue weighted by molar-refractivity contribution is -0.123. The van der Waals surface area contributed by atoms with Crippen LogP contribution in [0.2, 0.25) is 0 Å². The quantitative estimate of drug-likeness (QED) is 0.651. The lowest BCUT2D eigenvalue weighted by Gasteiger charge is -2.07. The van der Waals surface area contributed by atoms with E-state index in [-0.39, 0.29) is 19.1 Å². The maximum Gasteiger partial charge on any atom is 0.258 e. The Balaban J connectivity index is 1.51. The van der Waals surface area contributed by atoms with E-state index in [1.165, 1.54) is 0 Å². The third-order valence-corrected chi connectivity index (χ3v) is 3.64. The van der Waals surface area contributed by atoms with Crippen LogP contribution in [0.25, 0.3) is 11.4 Å². The number of benzene rings is 2. The third-order valence-electron chi connectivity index (χ3n) is 3.64. The number of rotatable bonds is 8. The van der Waals surface area contributed by atoms with Gasteiger partial charge in [0.05, 0.1) is 20.8 Å². The molecule has 0 spiro atoms. The highest BCUT2D eigenvalue weighted by atomic mass is 16.5. The Hall–Kier alpha value is -3.55. The first-order valence-corrected chi connectivity index (χ1v) is 8.18. The minimum atomic E-state index is -0.307. The maximum atomic E-state index is 11.9.